The Hall–Kier alpha value is -1.85. The molecule has 0 aliphatic rings. The van der Waals surface area contributed by atoms with Crippen molar-refractivity contribution >= 4 is 21.4 Å². The second-order valence-corrected chi connectivity index (χ2v) is 5.22. The van der Waals surface area contributed by atoms with Crippen LogP contribution >= 0.6 is 11.3 Å². The highest BCUT2D eigenvalue weighted by atomic mass is 32.1. The van der Waals surface area contributed by atoms with E-state index in [0.717, 1.165) is 15.6 Å². The molecule has 3 rings (SSSR count). The minimum atomic E-state index is -0.737. The van der Waals surface area contributed by atoms with Crippen molar-refractivity contribution in [3.8, 4) is 5.75 Å². The van der Waals surface area contributed by atoms with Gasteiger partial charge in [-0.3, -0.25) is 4.68 Å². The number of benzene rings is 1. The van der Waals surface area contributed by atoms with Gasteiger partial charge in [-0.15, -0.1) is 11.3 Å². The predicted octanol–water partition coefficient (Wildman–Crippen LogP) is 2.73. The molecule has 1 N–H and O–H groups in total. The first-order chi connectivity index (χ1) is 9.22. The summed E-state index contributed by atoms with van der Waals surface area (Å²) >= 11 is 1.63. The van der Waals surface area contributed by atoms with Gasteiger partial charge in [-0.25, -0.2) is 0 Å². The van der Waals surface area contributed by atoms with Gasteiger partial charge in [0.15, 0.2) is 5.75 Å². The Morgan fingerprint density at radius 1 is 1.37 bits per heavy atom. The van der Waals surface area contributed by atoms with Crippen LogP contribution in [0.25, 0.3) is 10.1 Å². The highest BCUT2D eigenvalue weighted by Gasteiger charge is 2.22. The molecule has 2 aromatic heterocycles. The molecule has 0 aliphatic carbocycles. The molecule has 0 aliphatic heterocycles. The fourth-order valence-electron chi connectivity index (χ4n) is 2.25. The molecule has 0 radical (unpaired) electrons. The Morgan fingerprint density at radius 3 is 2.95 bits per heavy atom. The van der Waals surface area contributed by atoms with Crippen LogP contribution in [-0.4, -0.2) is 22.0 Å². The van der Waals surface area contributed by atoms with Crippen LogP contribution in [0.3, 0.4) is 0 Å². The number of fused-ring (bicyclic) bond motifs is 1. The van der Waals surface area contributed by atoms with Crippen LogP contribution in [0.5, 0.6) is 5.75 Å². The first-order valence-corrected chi connectivity index (χ1v) is 6.80. The van der Waals surface area contributed by atoms with Crippen molar-refractivity contribution in [2.24, 2.45) is 7.05 Å². The van der Waals surface area contributed by atoms with Crippen LogP contribution in [0.1, 0.15) is 17.4 Å². The molecular weight excluding hydrogens is 260 g/mol. The van der Waals surface area contributed by atoms with Crippen molar-refractivity contribution in [2.75, 3.05) is 7.11 Å². The Balaban J connectivity index is 2.13. The van der Waals surface area contributed by atoms with E-state index in [1.54, 1.807) is 36.4 Å². The zero-order valence-electron chi connectivity index (χ0n) is 10.7. The van der Waals surface area contributed by atoms with Gasteiger partial charge in [-0.2, -0.15) is 5.10 Å². The Morgan fingerprint density at radius 2 is 2.16 bits per heavy atom. The molecule has 19 heavy (non-hydrogen) atoms. The highest BCUT2D eigenvalue weighted by molar-refractivity contribution is 7.17. The summed E-state index contributed by atoms with van der Waals surface area (Å²) in [4.78, 5) is 0. The zero-order valence-corrected chi connectivity index (χ0v) is 11.5. The summed E-state index contributed by atoms with van der Waals surface area (Å²) < 4.78 is 8.07. The SMILES string of the molecule is COc1cnn(C)c1C(O)c1csc2ccccc12. The van der Waals surface area contributed by atoms with Crippen LogP contribution in [0.4, 0.5) is 0 Å². The molecule has 0 bridgehead atoms. The third kappa shape index (κ3) is 1.91. The van der Waals surface area contributed by atoms with Gasteiger partial charge >= 0.3 is 0 Å². The van der Waals surface area contributed by atoms with Crippen molar-refractivity contribution in [3.63, 3.8) is 0 Å². The van der Waals surface area contributed by atoms with Crippen molar-refractivity contribution in [3.05, 3.63) is 47.1 Å². The van der Waals surface area contributed by atoms with Crippen molar-refractivity contribution in [2.45, 2.75) is 6.10 Å². The van der Waals surface area contributed by atoms with Crippen LogP contribution in [0.2, 0.25) is 0 Å². The number of hydrogen-bond acceptors (Lipinski definition) is 4. The molecule has 1 atom stereocenters. The highest BCUT2D eigenvalue weighted by Crippen LogP contribution is 2.36. The summed E-state index contributed by atoms with van der Waals surface area (Å²) in [5.41, 5.74) is 1.56. The van der Waals surface area contributed by atoms with Crippen LogP contribution in [0.15, 0.2) is 35.8 Å². The summed E-state index contributed by atoms with van der Waals surface area (Å²) in [5.74, 6) is 0.602. The molecule has 3 aromatic rings. The second kappa shape index (κ2) is 4.68. The van der Waals surface area contributed by atoms with Gasteiger partial charge < -0.3 is 9.84 Å². The number of methoxy groups -OCH3 is 1. The zero-order chi connectivity index (χ0) is 13.4. The monoisotopic (exact) mass is 274 g/mol. The molecule has 4 nitrogen and oxygen atoms in total. The molecule has 0 spiro atoms. The standard InChI is InChI=1S/C14H14N2O2S/c1-16-13(11(18-2)7-15-16)14(17)10-8-19-12-6-4-3-5-9(10)12/h3-8,14,17H,1-2H3. The third-order valence-corrected chi connectivity index (χ3v) is 4.22. The Kier molecular flexibility index (Phi) is 3.00. The maximum atomic E-state index is 10.6. The summed E-state index contributed by atoms with van der Waals surface area (Å²) in [7, 11) is 3.38. The van der Waals surface area contributed by atoms with E-state index in [9.17, 15) is 5.11 Å². The van der Waals surface area contributed by atoms with E-state index in [0.29, 0.717) is 11.4 Å². The average Bonchev–Trinajstić information content (AvgIpc) is 3.01. The number of nitrogens with zero attached hydrogens (tertiary/aromatic N) is 2. The quantitative estimate of drug-likeness (QED) is 0.799. The fourth-order valence-corrected chi connectivity index (χ4v) is 3.23. The van der Waals surface area contributed by atoms with Gasteiger partial charge in [0.1, 0.15) is 11.8 Å². The second-order valence-electron chi connectivity index (χ2n) is 4.31. The van der Waals surface area contributed by atoms with E-state index in [-0.39, 0.29) is 0 Å². The molecule has 98 valence electrons. The molecule has 0 amide bonds. The lowest BCUT2D eigenvalue weighted by Gasteiger charge is -2.12. The van der Waals surface area contributed by atoms with Crippen molar-refractivity contribution in [1.82, 2.24) is 9.78 Å². The first kappa shape index (κ1) is 12.2. The first-order valence-electron chi connectivity index (χ1n) is 5.92. The van der Waals surface area contributed by atoms with Crippen LogP contribution < -0.4 is 4.74 Å². The van der Waals surface area contributed by atoms with Gasteiger partial charge in [-0.05, 0) is 16.8 Å². The van der Waals surface area contributed by atoms with E-state index in [4.69, 9.17) is 4.74 Å². The largest absolute Gasteiger partial charge is 0.493 e. The molecule has 0 saturated carbocycles. The Bertz CT molecular complexity index is 717. The number of aliphatic hydroxyl groups is 1. The number of rotatable bonds is 3. The fraction of sp³-hybridized carbons (Fsp3) is 0.214. The number of thiophene rings is 1. The van der Waals surface area contributed by atoms with Gasteiger partial charge in [0.05, 0.1) is 13.3 Å². The number of hydrogen-bond donors (Lipinski definition) is 1. The molecular formula is C14H14N2O2S. The minimum absolute atomic E-state index is 0.602. The van der Waals surface area contributed by atoms with Gasteiger partial charge in [0.2, 0.25) is 0 Å². The topological polar surface area (TPSA) is 47.3 Å². The average molecular weight is 274 g/mol. The summed E-state index contributed by atoms with van der Waals surface area (Å²) in [5, 5.41) is 17.8. The van der Waals surface area contributed by atoms with Gasteiger partial charge in [0.25, 0.3) is 0 Å². The molecule has 1 unspecified atom stereocenters. The number of aliphatic hydroxyl groups excluding tert-OH is 1. The summed E-state index contributed by atoms with van der Waals surface area (Å²) in [6.07, 6.45) is 0.881. The minimum Gasteiger partial charge on any atom is -0.493 e. The molecule has 0 fully saturated rings. The molecule has 1 aromatic carbocycles. The molecule has 2 heterocycles. The van der Waals surface area contributed by atoms with Crippen LogP contribution in [0, 0.1) is 0 Å². The lowest BCUT2D eigenvalue weighted by molar-refractivity contribution is 0.206. The molecule has 0 saturated heterocycles. The van der Waals surface area contributed by atoms with E-state index in [1.807, 2.05) is 23.6 Å². The number of ether oxygens (including phenoxy) is 1. The van der Waals surface area contributed by atoms with E-state index >= 15 is 0 Å². The van der Waals surface area contributed by atoms with Gasteiger partial charge in [0, 0.05) is 17.3 Å². The lowest BCUT2D eigenvalue weighted by atomic mass is 10.1. The number of aromatic nitrogens is 2. The summed E-state index contributed by atoms with van der Waals surface area (Å²) in [6.45, 7) is 0. The maximum absolute atomic E-state index is 10.6. The third-order valence-electron chi connectivity index (χ3n) is 3.23. The van der Waals surface area contributed by atoms with E-state index in [2.05, 4.69) is 11.2 Å². The van der Waals surface area contributed by atoms with Crippen molar-refractivity contribution in [1.29, 1.82) is 0 Å². The van der Waals surface area contributed by atoms with E-state index < -0.39 is 6.10 Å². The smallest absolute Gasteiger partial charge is 0.162 e. The lowest BCUT2D eigenvalue weighted by Crippen LogP contribution is -2.07. The van der Waals surface area contributed by atoms with E-state index in [1.165, 1.54) is 0 Å². The predicted molar refractivity (Wildman–Crippen MR) is 75.6 cm³/mol. The van der Waals surface area contributed by atoms with Crippen molar-refractivity contribution < 1.29 is 9.84 Å². The van der Waals surface area contributed by atoms with Gasteiger partial charge in [-0.1, -0.05) is 18.2 Å². The maximum Gasteiger partial charge on any atom is 0.162 e. The molecule has 5 heteroatoms. The summed E-state index contributed by atoms with van der Waals surface area (Å²) in [6, 6.07) is 8.05. The normalized spacial score (nSPS) is 12.8. The number of aryl methyl sites for hydroxylation is 1. The van der Waals surface area contributed by atoms with Crippen LogP contribution in [-0.2, 0) is 7.05 Å². The Labute approximate surface area is 114 Å².